The number of hydrazine groups is 1. The van der Waals surface area contributed by atoms with Crippen molar-refractivity contribution in [1.82, 2.24) is 5.43 Å². The first-order valence-corrected chi connectivity index (χ1v) is 4.72. The molecule has 4 heteroatoms. The predicted molar refractivity (Wildman–Crippen MR) is 57.1 cm³/mol. The van der Waals surface area contributed by atoms with Crippen molar-refractivity contribution in [3.8, 4) is 0 Å². The maximum absolute atomic E-state index is 5.46. The van der Waals surface area contributed by atoms with Crippen molar-refractivity contribution in [3.05, 3.63) is 29.3 Å². The molecule has 74 valence electrons. The van der Waals surface area contributed by atoms with Crippen LogP contribution in [0.2, 0.25) is 0 Å². The van der Waals surface area contributed by atoms with Crippen LogP contribution >= 0.6 is 0 Å². The van der Waals surface area contributed by atoms with E-state index in [9.17, 15) is 0 Å². The Bertz CT molecular complexity index is 370. The van der Waals surface area contributed by atoms with E-state index in [1.807, 2.05) is 6.07 Å². The summed E-state index contributed by atoms with van der Waals surface area (Å²) in [6, 6.07) is 6.16. The van der Waals surface area contributed by atoms with Crippen molar-refractivity contribution in [2.24, 2.45) is 16.6 Å². The Morgan fingerprint density at radius 1 is 1.29 bits per heavy atom. The number of benzene rings is 1. The number of aliphatic imine (C=N–C) groups is 1. The number of rotatable bonds is 1. The Morgan fingerprint density at radius 3 is 2.86 bits per heavy atom. The Morgan fingerprint density at radius 2 is 2.07 bits per heavy atom. The molecular formula is C10H14N4. The maximum Gasteiger partial charge on any atom is 0.208 e. The standard InChI is InChI=1S/C10H14N4/c11-10(14-12)13-9-5-4-7-2-1-3-8(7)6-9/h4-6H,1-3,12H2,(H3,11,13,14). The fourth-order valence-electron chi connectivity index (χ4n) is 1.80. The number of hydrogen-bond donors (Lipinski definition) is 3. The molecule has 0 radical (unpaired) electrons. The van der Waals surface area contributed by atoms with Crippen LogP contribution in [0.5, 0.6) is 0 Å². The van der Waals surface area contributed by atoms with E-state index in [0.717, 1.165) is 12.1 Å². The largest absolute Gasteiger partial charge is 0.369 e. The van der Waals surface area contributed by atoms with Gasteiger partial charge in [-0.15, -0.1) is 0 Å². The van der Waals surface area contributed by atoms with Gasteiger partial charge in [0.2, 0.25) is 5.96 Å². The Kier molecular flexibility index (Phi) is 2.37. The number of fused-ring (bicyclic) bond motifs is 1. The second-order valence-electron chi connectivity index (χ2n) is 3.45. The molecule has 0 aliphatic heterocycles. The van der Waals surface area contributed by atoms with Gasteiger partial charge in [-0.25, -0.2) is 10.8 Å². The summed E-state index contributed by atoms with van der Waals surface area (Å²) in [6.45, 7) is 0. The quantitative estimate of drug-likeness (QED) is 0.262. The van der Waals surface area contributed by atoms with Gasteiger partial charge in [-0.2, -0.15) is 0 Å². The zero-order valence-corrected chi connectivity index (χ0v) is 7.96. The topological polar surface area (TPSA) is 76.4 Å². The zero-order chi connectivity index (χ0) is 9.97. The molecule has 1 aromatic carbocycles. The summed E-state index contributed by atoms with van der Waals surface area (Å²) >= 11 is 0. The summed E-state index contributed by atoms with van der Waals surface area (Å²) in [5, 5.41) is 0. The number of aryl methyl sites for hydroxylation is 2. The van der Waals surface area contributed by atoms with E-state index >= 15 is 0 Å². The highest BCUT2D eigenvalue weighted by molar-refractivity contribution is 5.80. The van der Waals surface area contributed by atoms with Gasteiger partial charge < -0.3 is 5.73 Å². The minimum atomic E-state index is 0.239. The van der Waals surface area contributed by atoms with Gasteiger partial charge in [0.05, 0.1) is 5.69 Å². The van der Waals surface area contributed by atoms with Gasteiger partial charge in [0.15, 0.2) is 0 Å². The van der Waals surface area contributed by atoms with Gasteiger partial charge in [0.1, 0.15) is 0 Å². The lowest BCUT2D eigenvalue weighted by molar-refractivity contribution is 0.912. The van der Waals surface area contributed by atoms with Crippen molar-refractivity contribution in [3.63, 3.8) is 0 Å². The molecule has 0 atom stereocenters. The number of nitrogens with zero attached hydrogens (tertiary/aromatic N) is 1. The van der Waals surface area contributed by atoms with Crippen LogP contribution in [0, 0.1) is 0 Å². The molecule has 0 saturated heterocycles. The Hall–Kier alpha value is -1.55. The summed E-state index contributed by atoms with van der Waals surface area (Å²) in [5.74, 6) is 5.37. The maximum atomic E-state index is 5.46. The highest BCUT2D eigenvalue weighted by Gasteiger charge is 2.10. The van der Waals surface area contributed by atoms with Gasteiger partial charge in [-0.1, -0.05) is 6.07 Å². The van der Waals surface area contributed by atoms with E-state index in [-0.39, 0.29) is 5.96 Å². The SMILES string of the molecule is NNC(N)=Nc1ccc2c(c1)CCC2. The average molecular weight is 190 g/mol. The fraction of sp³-hybridized carbons (Fsp3) is 0.300. The molecule has 5 N–H and O–H groups in total. The van der Waals surface area contributed by atoms with Crippen LogP contribution in [0.1, 0.15) is 17.5 Å². The van der Waals surface area contributed by atoms with Crippen LogP contribution in [-0.2, 0) is 12.8 Å². The fourth-order valence-corrected chi connectivity index (χ4v) is 1.80. The monoisotopic (exact) mass is 190 g/mol. The van der Waals surface area contributed by atoms with Crippen molar-refractivity contribution in [2.45, 2.75) is 19.3 Å². The lowest BCUT2D eigenvalue weighted by atomic mass is 10.1. The van der Waals surface area contributed by atoms with E-state index < -0.39 is 0 Å². The second-order valence-corrected chi connectivity index (χ2v) is 3.45. The van der Waals surface area contributed by atoms with E-state index in [1.54, 1.807) is 0 Å². The third kappa shape index (κ3) is 1.70. The first-order valence-electron chi connectivity index (χ1n) is 4.72. The third-order valence-corrected chi connectivity index (χ3v) is 2.48. The minimum absolute atomic E-state index is 0.239. The molecule has 0 aromatic heterocycles. The van der Waals surface area contributed by atoms with E-state index in [2.05, 4.69) is 22.6 Å². The molecule has 1 aliphatic carbocycles. The summed E-state index contributed by atoms with van der Waals surface area (Å²) in [6.07, 6.45) is 3.58. The highest BCUT2D eigenvalue weighted by atomic mass is 15.3. The Labute approximate surface area is 83.0 Å². The molecule has 1 aromatic rings. The van der Waals surface area contributed by atoms with E-state index in [1.165, 1.54) is 24.0 Å². The lowest BCUT2D eigenvalue weighted by Gasteiger charge is -2.01. The van der Waals surface area contributed by atoms with E-state index in [0.29, 0.717) is 0 Å². The van der Waals surface area contributed by atoms with Crippen molar-refractivity contribution in [1.29, 1.82) is 0 Å². The van der Waals surface area contributed by atoms with Gasteiger partial charge in [0, 0.05) is 0 Å². The second kappa shape index (κ2) is 3.67. The third-order valence-electron chi connectivity index (χ3n) is 2.48. The average Bonchev–Trinajstić information content (AvgIpc) is 2.64. The number of nitrogens with two attached hydrogens (primary N) is 2. The van der Waals surface area contributed by atoms with Crippen LogP contribution in [0.3, 0.4) is 0 Å². The number of nitrogens with one attached hydrogen (secondary N) is 1. The van der Waals surface area contributed by atoms with Crippen LogP contribution < -0.4 is 17.0 Å². The summed E-state index contributed by atoms with van der Waals surface area (Å²) in [4.78, 5) is 4.11. The lowest BCUT2D eigenvalue weighted by Crippen LogP contribution is -2.36. The van der Waals surface area contributed by atoms with Crippen molar-refractivity contribution in [2.75, 3.05) is 0 Å². The molecule has 0 fully saturated rings. The molecule has 2 rings (SSSR count). The summed E-state index contributed by atoms with van der Waals surface area (Å²) < 4.78 is 0. The molecular weight excluding hydrogens is 176 g/mol. The predicted octanol–water partition coefficient (Wildman–Crippen LogP) is 0.585. The zero-order valence-electron chi connectivity index (χ0n) is 7.96. The van der Waals surface area contributed by atoms with Gasteiger partial charge in [-0.3, -0.25) is 5.43 Å². The molecule has 0 bridgehead atoms. The normalized spacial score (nSPS) is 15.4. The number of hydrogen-bond acceptors (Lipinski definition) is 2. The molecule has 0 heterocycles. The van der Waals surface area contributed by atoms with Gasteiger partial charge in [0.25, 0.3) is 0 Å². The van der Waals surface area contributed by atoms with Crippen LogP contribution in [0.25, 0.3) is 0 Å². The number of guanidine groups is 1. The molecule has 0 saturated carbocycles. The van der Waals surface area contributed by atoms with Crippen LogP contribution in [-0.4, -0.2) is 5.96 Å². The first kappa shape index (κ1) is 9.02. The van der Waals surface area contributed by atoms with Crippen LogP contribution in [0.4, 0.5) is 5.69 Å². The van der Waals surface area contributed by atoms with Crippen molar-refractivity contribution < 1.29 is 0 Å². The van der Waals surface area contributed by atoms with Gasteiger partial charge in [-0.05, 0) is 42.5 Å². The van der Waals surface area contributed by atoms with Crippen LogP contribution in [0.15, 0.2) is 23.2 Å². The smallest absolute Gasteiger partial charge is 0.208 e. The van der Waals surface area contributed by atoms with Crippen molar-refractivity contribution >= 4 is 11.6 Å². The summed E-state index contributed by atoms with van der Waals surface area (Å²) in [5.41, 5.74) is 11.5. The molecule has 14 heavy (non-hydrogen) atoms. The molecule has 0 spiro atoms. The van der Waals surface area contributed by atoms with Gasteiger partial charge >= 0.3 is 0 Å². The molecule has 0 amide bonds. The van der Waals surface area contributed by atoms with E-state index in [4.69, 9.17) is 11.6 Å². The Balaban J connectivity index is 2.29. The summed E-state index contributed by atoms with van der Waals surface area (Å²) in [7, 11) is 0. The minimum Gasteiger partial charge on any atom is -0.369 e. The highest BCUT2D eigenvalue weighted by Crippen LogP contribution is 2.25. The molecule has 4 nitrogen and oxygen atoms in total. The molecule has 1 aliphatic rings. The molecule has 0 unspecified atom stereocenters. The first-order chi connectivity index (χ1) is 6.79.